The van der Waals surface area contributed by atoms with E-state index in [9.17, 15) is 9.36 Å². The summed E-state index contributed by atoms with van der Waals surface area (Å²) in [4.78, 5) is 11.7. The van der Waals surface area contributed by atoms with Gasteiger partial charge in [-0.1, -0.05) is 0 Å². The molecule has 0 atom stereocenters. The molecule has 0 aromatic carbocycles. The maximum Gasteiger partial charge on any atom is 0.341 e. The second-order valence-corrected chi connectivity index (χ2v) is 5.64. The zero-order valence-corrected chi connectivity index (χ0v) is 12.3. The van der Waals surface area contributed by atoms with Gasteiger partial charge in [-0.05, 0) is 26.8 Å². The number of rotatable bonds is 8. The summed E-state index contributed by atoms with van der Waals surface area (Å²) in [5.41, 5.74) is 0.251. The van der Waals surface area contributed by atoms with Crippen molar-refractivity contribution in [2.24, 2.45) is 0 Å². The molecule has 6 nitrogen and oxygen atoms in total. The molecule has 0 aliphatic heterocycles. The Bertz CT molecular complexity index is 443. The molecule has 0 saturated heterocycles. The van der Waals surface area contributed by atoms with Crippen LogP contribution in [0.4, 0.5) is 0 Å². The van der Waals surface area contributed by atoms with Crippen molar-refractivity contribution in [2.45, 2.75) is 26.9 Å². The number of hydrogen-bond donors (Lipinski definition) is 0. The van der Waals surface area contributed by atoms with Crippen molar-refractivity contribution in [3.63, 3.8) is 0 Å². The van der Waals surface area contributed by atoms with Crippen molar-refractivity contribution >= 4 is 13.6 Å². The fourth-order valence-corrected chi connectivity index (χ4v) is 3.19. The molecular formula is C12H19O6P. The topological polar surface area (TPSA) is 75.0 Å². The first kappa shape index (κ1) is 16.0. The van der Waals surface area contributed by atoms with Gasteiger partial charge in [-0.25, -0.2) is 4.79 Å². The maximum atomic E-state index is 12.4. The zero-order valence-electron chi connectivity index (χ0n) is 11.4. The molecule has 1 rings (SSSR count). The van der Waals surface area contributed by atoms with Crippen LogP contribution in [0.3, 0.4) is 0 Å². The molecule has 0 saturated carbocycles. The smallest absolute Gasteiger partial charge is 0.341 e. The van der Waals surface area contributed by atoms with E-state index in [1.807, 2.05) is 0 Å². The molecule has 0 spiro atoms. The Hall–Kier alpha value is -1.10. The van der Waals surface area contributed by atoms with Crippen LogP contribution in [-0.4, -0.2) is 25.8 Å². The van der Waals surface area contributed by atoms with E-state index < -0.39 is 13.6 Å². The summed E-state index contributed by atoms with van der Waals surface area (Å²) in [6.07, 6.45) is 1.26. The summed E-state index contributed by atoms with van der Waals surface area (Å²) in [6, 6.07) is 1.48. The van der Waals surface area contributed by atoms with Gasteiger partial charge in [0.1, 0.15) is 17.5 Å². The number of carbonyl (C=O) groups excluding carboxylic acids is 1. The van der Waals surface area contributed by atoms with Crippen molar-refractivity contribution in [3.8, 4) is 0 Å². The number of furan rings is 1. The van der Waals surface area contributed by atoms with Gasteiger partial charge < -0.3 is 18.2 Å². The van der Waals surface area contributed by atoms with Crippen molar-refractivity contribution in [3.05, 3.63) is 23.7 Å². The molecule has 0 aliphatic rings. The summed E-state index contributed by atoms with van der Waals surface area (Å²) < 4.78 is 32.8. The second kappa shape index (κ2) is 7.48. The van der Waals surface area contributed by atoms with Gasteiger partial charge in [-0.3, -0.25) is 4.57 Å². The van der Waals surface area contributed by atoms with Gasteiger partial charge in [0.2, 0.25) is 0 Å². The van der Waals surface area contributed by atoms with Crippen LogP contribution in [0.1, 0.15) is 36.9 Å². The van der Waals surface area contributed by atoms with E-state index in [1.165, 1.54) is 12.3 Å². The third kappa shape index (κ3) is 4.49. The van der Waals surface area contributed by atoms with Gasteiger partial charge >= 0.3 is 13.6 Å². The fraction of sp³-hybridized carbons (Fsp3) is 0.583. The highest BCUT2D eigenvalue weighted by Crippen LogP contribution is 2.51. The lowest BCUT2D eigenvalue weighted by Gasteiger charge is -2.16. The van der Waals surface area contributed by atoms with Crippen molar-refractivity contribution < 1.29 is 27.6 Å². The molecule has 1 aromatic rings. The third-order valence-corrected chi connectivity index (χ3v) is 4.21. The Kier molecular flexibility index (Phi) is 6.28. The van der Waals surface area contributed by atoms with Gasteiger partial charge in [0.25, 0.3) is 0 Å². The van der Waals surface area contributed by atoms with E-state index in [4.69, 9.17) is 18.2 Å². The minimum absolute atomic E-state index is 0.0875. The van der Waals surface area contributed by atoms with Crippen LogP contribution in [0.5, 0.6) is 0 Å². The average molecular weight is 290 g/mol. The largest absolute Gasteiger partial charge is 0.468 e. The fourth-order valence-electron chi connectivity index (χ4n) is 1.55. The lowest BCUT2D eigenvalue weighted by Crippen LogP contribution is -2.07. The highest BCUT2D eigenvalue weighted by molar-refractivity contribution is 7.53. The van der Waals surface area contributed by atoms with Gasteiger partial charge in [-0.15, -0.1) is 0 Å². The highest BCUT2D eigenvalue weighted by atomic mass is 31.2. The molecule has 1 heterocycles. The molecular weight excluding hydrogens is 271 g/mol. The van der Waals surface area contributed by atoms with Crippen LogP contribution in [0.2, 0.25) is 0 Å². The SMILES string of the molecule is CCOC(=O)c1ccoc1CP(=O)(OCC)OCC. The quantitative estimate of drug-likeness (QED) is 0.540. The second-order valence-electron chi connectivity index (χ2n) is 3.58. The molecule has 0 radical (unpaired) electrons. The molecule has 7 heteroatoms. The predicted octanol–water partition coefficient (Wildman–Crippen LogP) is 3.22. The summed E-state index contributed by atoms with van der Waals surface area (Å²) in [5, 5.41) is 0. The van der Waals surface area contributed by atoms with E-state index in [-0.39, 0.29) is 37.3 Å². The Morgan fingerprint density at radius 2 is 1.84 bits per heavy atom. The molecule has 108 valence electrons. The molecule has 0 aliphatic carbocycles. The molecule has 0 amide bonds. The first-order valence-electron chi connectivity index (χ1n) is 6.17. The van der Waals surface area contributed by atoms with Crippen LogP contribution in [0, 0.1) is 0 Å². The minimum Gasteiger partial charge on any atom is -0.468 e. The van der Waals surface area contributed by atoms with Gasteiger partial charge in [0, 0.05) is 0 Å². The first-order valence-corrected chi connectivity index (χ1v) is 7.90. The van der Waals surface area contributed by atoms with Crippen LogP contribution >= 0.6 is 7.60 Å². The van der Waals surface area contributed by atoms with Gasteiger partial charge in [0.05, 0.1) is 26.1 Å². The lowest BCUT2D eigenvalue weighted by atomic mass is 10.3. The normalized spacial score (nSPS) is 11.5. The molecule has 1 aromatic heterocycles. The summed E-state index contributed by atoms with van der Waals surface area (Å²) in [6.45, 7) is 5.93. The van der Waals surface area contributed by atoms with Crippen LogP contribution in [-0.2, 0) is 24.5 Å². The van der Waals surface area contributed by atoms with Crippen molar-refractivity contribution in [2.75, 3.05) is 19.8 Å². The van der Waals surface area contributed by atoms with E-state index in [0.717, 1.165) is 0 Å². The standard InChI is InChI=1S/C12H19O6P/c1-4-15-12(13)10-7-8-16-11(10)9-19(14,17-5-2)18-6-3/h7-8H,4-6,9H2,1-3H3. The Morgan fingerprint density at radius 1 is 1.21 bits per heavy atom. The van der Waals surface area contributed by atoms with Crippen LogP contribution < -0.4 is 0 Å². The monoisotopic (exact) mass is 290 g/mol. The molecule has 0 N–H and O–H groups in total. The summed E-state index contributed by atoms with van der Waals surface area (Å²) in [5.74, 6) is -0.255. The zero-order chi connectivity index (χ0) is 14.3. The number of carbonyl (C=O) groups is 1. The van der Waals surface area contributed by atoms with Crippen molar-refractivity contribution in [1.29, 1.82) is 0 Å². The van der Waals surface area contributed by atoms with E-state index in [0.29, 0.717) is 0 Å². The average Bonchev–Trinajstić information content (AvgIpc) is 2.77. The predicted molar refractivity (Wildman–Crippen MR) is 69.2 cm³/mol. The molecule has 0 bridgehead atoms. The summed E-state index contributed by atoms with van der Waals surface area (Å²) >= 11 is 0. The van der Waals surface area contributed by atoms with Crippen LogP contribution in [0.15, 0.2) is 16.7 Å². The van der Waals surface area contributed by atoms with E-state index in [1.54, 1.807) is 20.8 Å². The summed E-state index contributed by atoms with van der Waals surface area (Å²) in [7, 11) is -3.30. The number of ether oxygens (including phenoxy) is 1. The molecule has 19 heavy (non-hydrogen) atoms. The Morgan fingerprint density at radius 3 is 2.37 bits per heavy atom. The minimum atomic E-state index is -3.30. The lowest BCUT2D eigenvalue weighted by molar-refractivity contribution is 0.0524. The maximum absolute atomic E-state index is 12.4. The third-order valence-electron chi connectivity index (χ3n) is 2.23. The van der Waals surface area contributed by atoms with Gasteiger partial charge in [0.15, 0.2) is 0 Å². The molecule has 0 fully saturated rings. The van der Waals surface area contributed by atoms with E-state index in [2.05, 4.69) is 0 Å². The number of esters is 1. The Balaban J connectivity index is 2.89. The molecule has 0 unspecified atom stereocenters. The first-order chi connectivity index (χ1) is 9.06. The van der Waals surface area contributed by atoms with Gasteiger partial charge in [-0.2, -0.15) is 0 Å². The van der Waals surface area contributed by atoms with Crippen LogP contribution in [0.25, 0.3) is 0 Å². The van der Waals surface area contributed by atoms with Crippen molar-refractivity contribution in [1.82, 2.24) is 0 Å². The number of hydrogen-bond acceptors (Lipinski definition) is 6. The highest BCUT2D eigenvalue weighted by Gasteiger charge is 2.29. The van der Waals surface area contributed by atoms with E-state index >= 15 is 0 Å². The Labute approximate surface area is 112 Å².